The summed E-state index contributed by atoms with van der Waals surface area (Å²) >= 11 is 5.85. The Morgan fingerprint density at radius 3 is 2.56 bits per heavy atom. The highest BCUT2D eigenvalue weighted by molar-refractivity contribution is 6.32. The van der Waals surface area contributed by atoms with E-state index in [1.807, 2.05) is 17.9 Å². The molecule has 1 aromatic rings. The van der Waals surface area contributed by atoms with E-state index >= 15 is 0 Å². The third kappa shape index (κ3) is 4.20. The lowest BCUT2D eigenvalue weighted by Crippen LogP contribution is -2.36. The molecule has 5 heteroatoms. The number of phenols is 1. The average Bonchev–Trinajstić information content (AvgIpc) is 2.32. The predicted octanol–water partition coefficient (Wildman–Crippen LogP) is 1.96. The zero-order chi connectivity index (χ0) is 13.7. The summed E-state index contributed by atoms with van der Waals surface area (Å²) in [6.45, 7) is 3.79. The largest absolute Gasteiger partial charge is 0.506 e. The maximum Gasteiger partial charge on any atom is 0.236 e. The molecule has 1 amide bonds. The molecule has 1 rings (SSSR count). The van der Waals surface area contributed by atoms with E-state index < -0.39 is 0 Å². The van der Waals surface area contributed by atoms with Crippen molar-refractivity contribution in [3.63, 3.8) is 0 Å². The van der Waals surface area contributed by atoms with Crippen molar-refractivity contribution in [3.05, 3.63) is 28.8 Å². The summed E-state index contributed by atoms with van der Waals surface area (Å²) in [6, 6.07) is 5.10. The van der Waals surface area contributed by atoms with Crippen molar-refractivity contribution in [2.75, 3.05) is 27.2 Å². The van der Waals surface area contributed by atoms with Crippen LogP contribution in [0, 0.1) is 0 Å². The monoisotopic (exact) mass is 270 g/mol. The predicted molar refractivity (Wildman–Crippen MR) is 72.8 cm³/mol. The molecule has 100 valence electrons. The molecule has 0 fully saturated rings. The van der Waals surface area contributed by atoms with Gasteiger partial charge in [0, 0.05) is 20.6 Å². The van der Waals surface area contributed by atoms with Crippen molar-refractivity contribution in [2.24, 2.45) is 0 Å². The molecule has 0 radical (unpaired) electrons. The van der Waals surface area contributed by atoms with Gasteiger partial charge in [0.15, 0.2) is 0 Å². The van der Waals surface area contributed by atoms with Crippen LogP contribution in [0.3, 0.4) is 0 Å². The minimum absolute atomic E-state index is 0.0710. The molecule has 0 aliphatic rings. The van der Waals surface area contributed by atoms with Gasteiger partial charge in [-0.2, -0.15) is 0 Å². The summed E-state index contributed by atoms with van der Waals surface area (Å²) < 4.78 is 0. The molecule has 0 spiro atoms. The second kappa shape index (κ2) is 6.61. The molecular weight excluding hydrogens is 252 g/mol. The van der Waals surface area contributed by atoms with Crippen LogP contribution >= 0.6 is 11.6 Å². The fourth-order valence-corrected chi connectivity index (χ4v) is 1.72. The van der Waals surface area contributed by atoms with Gasteiger partial charge in [-0.25, -0.2) is 0 Å². The van der Waals surface area contributed by atoms with Gasteiger partial charge in [0.05, 0.1) is 11.6 Å². The molecule has 0 saturated carbocycles. The Morgan fingerprint density at radius 1 is 1.39 bits per heavy atom. The maximum atomic E-state index is 11.6. The van der Waals surface area contributed by atoms with Crippen LogP contribution in [0.4, 0.5) is 0 Å². The fraction of sp³-hybridized carbons (Fsp3) is 0.462. The molecule has 0 saturated heterocycles. The van der Waals surface area contributed by atoms with Crippen LogP contribution in [-0.4, -0.2) is 48.0 Å². The van der Waals surface area contributed by atoms with Gasteiger partial charge < -0.3 is 10.0 Å². The number of benzene rings is 1. The highest BCUT2D eigenvalue weighted by Crippen LogP contribution is 2.24. The van der Waals surface area contributed by atoms with Gasteiger partial charge in [-0.05, 0) is 24.2 Å². The third-order valence-corrected chi connectivity index (χ3v) is 3.03. The number of amides is 1. The molecule has 0 bridgehead atoms. The lowest BCUT2D eigenvalue weighted by Gasteiger charge is -2.22. The van der Waals surface area contributed by atoms with Crippen LogP contribution in [0.5, 0.6) is 5.75 Å². The molecule has 0 heterocycles. The highest BCUT2D eigenvalue weighted by atomic mass is 35.5. The summed E-state index contributed by atoms with van der Waals surface area (Å²) in [4.78, 5) is 15.2. The molecule has 0 atom stereocenters. The van der Waals surface area contributed by atoms with Crippen molar-refractivity contribution in [1.29, 1.82) is 0 Å². The van der Waals surface area contributed by atoms with Crippen LogP contribution in [0.15, 0.2) is 18.2 Å². The van der Waals surface area contributed by atoms with Crippen molar-refractivity contribution in [2.45, 2.75) is 13.5 Å². The summed E-state index contributed by atoms with van der Waals surface area (Å²) in [6.07, 6.45) is 0. The maximum absolute atomic E-state index is 11.6. The van der Waals surface area contributed by atoms with E-state index in [0.717, 1.165) is 12.1 Å². The van der Waals surface area contributed by atoms with Crippen molar-refractivity contribution in [3.8, 4) is 5.75 Å². The number of rotatable bonds is 5. The normalized spacial score (nSPS) is 10.7. The second-order valence-corrected chi connectivity index (χ2v) is 4.78. The Bertz CT molecular complexity index is 421. The summed E-state index contributed by atoms with van der Waals surface area (Å²) in [5, 5.41) is 9.68. The number of halogens is 1. The van der Waals surface area contributed by atoms with E-state index in [1.54, 1.807) is 31.1 Å². The Balaban J connectivity index is 2.68. The molecule has 4 nitrogen and oxygen atoms in total. The molecule has 0 unspecified atom stereocenters. The zero-order valence-electron chi connectivity index (χ0n) is 11.0. The lowest BCUT2D eigenvalue weighted by molar-refractivity contribution is -0.130. The molecule has 18 heavy (non-hydrogen) atoms. The van der Waals surface area contributed by atoms with E-state index in [1.165, 1.54) is 0 Å². The topological polar surface area (TPSA) is 43.8 Å². The smallest absolute Gasteiger partial charge is 0.236 e. The standard InChI is InChI=1S/C13H19ClN2O2/c1-4-16(9-13(18)15(2)3)8-10-5-6-12(17)11(14)7-10/h5-7,17H,4,8-9H2,1-3H3. The Kier molecular flexibility index (Phi) is 5.44. The van der Waals surface area contributed by atoms with Gasteiger partial charge in [-0.1, -0.05) is 24.6 Å². The van der Waals surface area contributed by atoms with Crippen LogP contribution in [0.1, 0.15) is 12.5 Å². The summed E-state index contributed by atoms with van der Waals surface area (Å²) in [5.41, 5.74) is 0.978. The molecule has 0 aliphatic heterocycles. The zero-order valence-corrected chi connectivity index (χ0v) is 11.7. The second-order valence-electron chi connectivity index (χ2n) is 4.38. The molecule has 1 aromatic carbocycles. The van der Waals surface area contributed by atoms with E-state index in [-0.39, 0.29) is 11.7 Å². The van der Waals surface area contributed by atoms with Gasteiger partial charge in [0.25, 0.3) is 0 Å². The van der Waals surface area contributed by atoms with E-state index in [4.69, 9.17) is 11.6 Å². The first-order valence-corrected chi connectivity index (χ1v) is 6.21. The summed E-state index contributed by atoms with van der Waals surface area (Å²) in [7, 11) is 3.49. The van der Waals surface area contributed by atoms with Crippen LogP contribution in [0.2, 0.25) is 5.02 Å². The molecule has 0 aromatic heterocycles. The minimum atomic E-state index is 0.0710. The highest BCUT2D eigenvalue weighted by Gasteiger charge is 2.11. The number of likely N-dealkylation sites (N-methyl/N-ethyl adjacent to an activating group) is 2. The number of nitrogens with zero attached hydrogens (tertiary/aromatic N) is 2. The van der Waals surface area contributed by atoms with Gasteiger partial charge in [0.2, 0.25) is 5.91 Å². The van der Waals surface area contributed by atoms with Gasteiger partial charge in [-0.15, -0.1) is 0 Å². The average molecular weight is 271 g/mol. The van der Waals surface area contributed by atoms with Crippen molar-refractivity contribution >= 4 is 17.5 Å². The Labute approximate surface area is 113 Å². The van der Waals surface area contributed by atoms with Gasteiger partial charge in [0.1, 0.15) is 5.75 Å². The first-order valence-electron chi connectivity index (χ1n) is 5.84. The Morgan fingerprint density at radius 2 is 2.06 bits per heavy atom. The number of aromatic hydroxyl groups is 1. The molecule has 1 N–H and O–H groups in total. The summed E-state index contributed by atoms with van der Waals surface area (Å²) in [5.74, 6) is 0.148. The number of carbonyl (C=O) groups excluding carboxylic acids is 1. The first kappa shape index (κ1) is 14.8. The van der Waals surface area contributed by atoms with Crippen molar-refractivity contribution < 1.29 is 9.90 Å². The van der Waals surface area contributed by atoms with E-state index in [2.05, 4.69) is 0 Å². The minimum Gasteiger partial charge on any atom is -0.506 e. The third-order valence-electron chi connectivity index (χ3n) is 2.72. The SMILES string of the molecule is CCN(CC(=O)N(C)C)Cc1ccc(O)c(Cl)c1. The van der Waals surface area contributed by atoms with Crippen LogP contribution in [0.25, 0.3) is 0 Å². The molecular formula is C13H19ClN2O2. The first-order chi connectivity index (χ1) is 8.43. The van der Waals surface area contributed by atoms with Crippen LogP contribution < -0.4 is 0 Å². The Hall–Kier alpha value is -1.26. The number of hydrogen-bond acceptors (Lipinski definition) is 3. The van der Waals surface area contributed by atoms with Gasteiger partial charge in [-0.3, -0.25) is 9.69 Å². The fourth-order valence-electron chi connectivity index (χ4n) is 1.52. The van der Waals surface area contributed by atoms with Gasteiger partial charge >= 0.3 is 0 Å². The number of phenolic OH excluding ortho intramolecular Hbond substituents is 1. The lowest BCUT2D eigenvalue weighted by atomic mass is 10.2. The number of hydrogen-bond donors (Lipinski definition) is 1. The van der Waals surface area contributed by atoms with E-state index in [9.17, 15) is 9.90 Å². The van der Waals surface area contributed by atoms with Crippen LogP contribution in [-0.2, 0) is 11.3 Å². The quantitative estimate of drug-likeness (QED) is 0.890. The van der Waals surface area contributed by atoms with Crippen molar-refractivity contribution in [1.82, 2.24) is 9.80 Å². The molecule has 0 aliphatic carbocycles. The van der Waals surface area contributed by atoms with E-state index in [0.29, 0.717) is 18.1 Å². The number of carbonyl (C=O) groups is 1.